The molecule has 162 valence electrons. The van der Waals surface area contributed by atoms with E-state index in [1.54, 1.807) is 31.2 Å². The maximum absolute atomic E-state index is 12.3. The number of halogens is 1. The highest BCUT2D eigenvalue weighted by Gasteiger charge is 2.19. The number of hydrogen-bond donors (Lipinski definition) is 0. The van der Waals surface area contributed by atoms with Crippen molar-refractivity contribution in [3.63, 3.8) is 0 Å². The molecule has 1 atom stereocenters. The number of nitrogens with zero attached hydrogens (tertiary/aromatic N) is 3. The Bertz CT molecular complexity index is 1180. The van der Waals surface area contributed by atoms with E-state index in [4.69, 9.17) is 25.6 Å². The van der Waals surface area contributed by atoms with Crippen LogP contribution in [0.25, 0.3) is 11.4 Å². The van der Waals surface area contributed by atoms with E-state index in [0.29, 0.717) is 33.9 Å². The highest BCUT2D eigenvalue weighted by Crippen LogP contribution is 2.26. The second-order valence-electron chi connectivity index (χ2n) is 7.15. The molecule has 0 unspecified atom stereocenters. The van der Waals surface area contributed by atoms with Crippen molar-refractivity contribution in [2.45, 2.75) is 20.0 Å². The first-order valence-electron chi connectivity index (χ1n) is 10.00. The van der Waals surface area contributed by atoms with E-state index in [1.165, 1.54) is 6.20 Å². The van der Waals surface area contributed by atoms with Crippen LogP contribution in [0.15, 0.2) is 77.4 Å². The molecule has 0 spiro atoms. The molecule has 0 radical (unpaired) electrons. The van der Waals surface area contributed by atoms with Crippen LogP contribution in [0, 0.1) is 5.92 Å². The molecular weight excluding hydrogens is 430 g/mol. The van der Waals surface area contributed by atoms with Crippen LogP contribution in [0.3, 0.4) is 0 Å². The summed E-state index contributed by atoms with van der Waals surface area (Å²) >= 11 is 5.85. The summed E-state index contributed by atoms with van der Waals surface area (Å²) in [6, 6.07) is 20.1. The Morgan fingerprint density at radius 2 is 1.94 bits per heavy atom. The van der Waals surface area contributed by atoms with Gasteiger partial charge in [-0.15, -0.1) is 0 Å². The van der Waals surface area contributed by atoms with Crippen LogP contribution >= 0.6 is 11.6 Å². The number of benzene rings is 2. The molecule has 0 N–H and O–H groups in total. The van der Waals surface area contributed by atoms with Crippen molar-refractivity contribution in [3.8, 4) is 23.0 Å². The van der Waals surface area contributed by atoms with Crippen LogP contribution < -0.4 is 4.74 Å². The largest absolute Gasteiger partial charge is 0.461 e. The Morgan fingerprint density at radius 1 is 1.09 bits per heavy atom. The number of hydrogen-bond acceptors (Lipinski definition) is 7. The molecule has 8 heteroatoms. The van der Waals surface area contributed by atoms with Gasteiger partial charge in [0.15, 0.2) is 0 Å². The lowest BCUT2D eigenvalue weighted by Gasteiger charge is -2.09. The molecule has 0 aliphatic carbocycles. The normalized spacial score (nSPS) is 11.7. The molecule has 4 rings (SSSR count). The van der Waals surface area contributed by atoms with Gasteiger partial charge in [-0.3, -0.25) is 4.79 Å². The van der Waals surface area contributed by atoms with Gasteiger partial charge in [-0.2, -0.15) is 4.98 Å². The lowest BCUT2D eigenvalue weighted by atomic mass is 10.1. The third-order valence-corrected chi connectivity index (χ3v) is 4.81. The van der Waals surface area contributed by atoms with Crippen LogP contribution in [0.1, 0.15) is 18.4 Å². The molecule has 0 aliphatic rings. The van der Waals surface area contributed by atoms with Gasteiger partial charge in [0.2, 0.25) is 17.6 Å². The van der Waals surface area contributed by atoms with Crippen molar-refractivity contribution in [1.29, 1.82) is 0 Å². The van der Waals surface area contributed by atoms with Crippen molar-refractivity contribution < 1.29 is 18.8 Å². The summed E-state index contributed by atoms with van der Waals surface area (Å²) in [5.74, 6) is 1.01. The molecule has 2 aromatic heterocycles. The average molecular weight is 450 g/mol. The Labute approximate surface area is 190 Å². The van der Waals surface area contributed by atoms with Crippen molar-refractivity contribution in [3.05, 3.63) is 89.4 Å². The van der Waals surface area contributed by atoms with Gasteiger partial charge >= 0.3 is 5.97 Å². The van der Waals surface area contributed by atoms with Crippen molar-refractivity contribution >= 4 is 17.6 Å². The van der Waals surface area contributed by atoms with Crippen LogP contribution in [-0.4, -0.2) is 21.1 Å². The first-order valence-corrected chi connectivity index (χ1v) is 10.4. The number of carbonyl (C=O) groups excluding carboxylic acids is 1. The smallest absolute Gasteiger partial charge is 0.309 e. The van der Waals surface area contributed by atoms with Gasteiger partial charge in [-0.1, -0.05) is 66.1 Å². The van der Waals surface area contributed by atoms with Crippen LogP contribution in [0.5, 0.6) is 11.6 Å². The van der Waals surface area contributed by atoms with Gasteiger partial charge in [-0.05, 0) is 23.8 Å². The fraction of sp³-hybridized carbons (Fsp3) is 0.167. The molecule has 2 heterocycles. The lowest BCUT2D eigenvalue weighted by Crippen LogP contribution is -2.17. The molecule has 0 amide bonds. The van der Waals surface area contributed by atoms with Gasteiger partial charge in [0.1, 0.15) is 12.4 Å². The van der Waals surface area contributed by atoms with E-state index >= 15 is 0 Å². The lowest BCUT2D eigenvalue weighted by molar-refractivity contribution is -0.149. The average Bonchev–Trinajstić information content (AvgIpc) is 3.28. The van der Waals surface area contributed by atoms with Crippen LogP contribution in [-0.2, 0) is 22.6 Å². The highest BCUT2D eigenvalue weighted by atomic mass is 35.5. The number of rotatable bonds is 8. The summed E-state index contributed by atoms with van der Waals surface area (Å²) in [5.41, 5.74) is 1.65. The first-order chi connectivity index (χ1) is 15.6. The molecule has 0 saturated heterocycles. The van der Waals surface area contributed by atoms with Crippen LogP contribution in [0.4, 0.5) is 0 Å². The summed E-state index contributed by atoms with van der Waals surface area (Å²) in [7, 11) is 0. The molecule has 7 nitrogen and oxygen atoms in total. The summed E-state index contributed by atoms with van der Waals surface area (Å²) in [6.07, 6.45) is 1.80. The predicted molar refractivity (Wildman–Crippen MR) is 118 cm³/mol. The van der Waals surface area contributed by atoms with Gasteiger partial charge in [0.05, 0.1) is 10.9 Å². The van der Waals surface area contributed by atoms with E-state index in [0.717, 1.165) is 5.56 Å². The fourth-order valence-electron chi connectivity index (χ4n) is 2.91. The van der Waals surface area contributed by atoms with Crippen molar-refractivity contribution in [2.75, 3.05) is 0 Å². The second kappa shape index (κ2) is 10.1. The van der Waals surface area contributed by atoms with E-state index in [-0.39, 0.29) is 19.0 Å². The SMILES string of the molecule is C[C@@H](Cc1nc(-c2cccc(Oc3ccc(Cl)cn3)c2)no1)C(=O)OCc1ccccc1. The minimum Gasteiger partial charge on any atom is -0.461 e. The first kappa shape index (κ1) is 21.5. The zero-order valence-corrected chi connectivity index (χ0v) is 18.0. The van der Waals surface area contributed by atoms with Crippen molar-refractivity contribution in [2.24, 2.45) is 5.92 Å². The molecule has 0 aliphatic heterocycles. The van der Waals surface area contributed by atoms with Gasteiger partial charge in [-0.25, -0.2) is 4.98 Å². The zero-order chi connectivity index (χ0) is 22.3. The molecule has 0 saturated carbocycles. The number of esters is 1. The highest BCUT2D eigenvalue weighted by molar-refractivity contribution is 6.30. The number of aromatic nitrogens is 3. The second-order valence-corrected chi connectivity index (χ2v) is 7.59. The number of carbonyl (C=O) groups is 1. The summed E-state index contributed by atoms with van der Waals surface area (Å²) in [6.45, 7) is 2.00. The molecule has 0 bridgehead atoms. The quantitative estimate of drug-likeness (QED) is 0.328. The number of pyridine rings is 1. The molecule has 32 heavy (non-hydrogen) atoms. The van der Waals surface area contributed by atoms with E-state index in [1.807, 2.05) is 42.5 Å². The minimum absolute atomic E-state index is 0.231. The Kier molecular flexibility index (Phi) is 6.77. The monoisotopic (exact) mass is 449 g/mol. The molecular formula is C24H20ClN3O4. The summed E-state index contributed by atoms with van der Waals surface area (Å²) < 4.78 is 16.5. The Balaban J connectivity index is 1.36. The summed E-state index contributed by atoms with van der Waals surface area (Å²) in [5, 5.41) is 4.56. The van der Waals surface area contributed by atoms with Gasteiger partial charge < -0.3 is 14.0 Å². The van der Waals surface area contributed by atoms with Crippen molar-refractivity contribution in [1.82, 2.24) is 15.1 Å². The maximum Gasteiger partial charge on any atom is 0.309 e. The topological polar surface area (TPSA) is 87.3 Å². The van der Waals surface area contributed by atoms with Gasteiger partial charge in [0, 0.05) is 24.2 Å². The standard InChI is InChI=1S/C24H20ClN3O4/c1-16(24(29)30-15-17-6-3-2-4-7-17)12-22-27-23(28-32-22)18-8-5-9-20(13-18)31-21-11-10-19(25)14-26-21/h2-11,13-14,16H,12,15H2,1H3/t16-/m0/s1. The van der Waals surface area contributed by atoms with Crippen LogP contribution in [0.2, 0.25) is 5.02 Å². The Hall–Kier alpha value is -3.71. The van der Waals surface area contributed by atoms with E-state index < -0.39 is 5.92 Å². The molecule has 0 fully saturated rings. The Morgan fingerprint density at radius 3 is 2.72 bits per heavy atom. The molecule has 2 aromatic carbocycles. The summed E-state index contributed by atoms with van der Waals surface area (Å²) in [4.78, 5) is 20.8. The maximum atomic E-state index is 12.3. The van der Waals surface area contributed by atoms with Gasteiger partial charge in [0.25, 0.3) is 0 Å². The third-order valence-electron chi connectivity index (χ3n) is 4.59. The van der Waals surface area contributed by atoms with E-state index in [2.05, 4.69) is 15.1 Å². The fourth-order valence-corrected chi connectivity index (χ4v) is 3.03. The predicted octanol–water partition coefficient (Wildman–Crippen LogP) is 5.50. The van der Waals surface area contributed by atoms with E-state index in [9.17, 15) is 4.79 Å². The minimum atomic E-state index is -0.419. The zero-order valence-electron chi connectivity index (χ0n) is 17.3. The molecule has 4 aromatic rings. The number of ether oxygens (including phenoxy) is 2. The third kappa shape index (κ3) is 5.70.